The number of fused-ring (bicyclic) bond motifs is 3. The first-order chi connectivity index (χ1) is 18.0. The number of nitrogens with zero attached hydrogens (tertiary/aromatic N) is 3. The first-order valence-corrected chi connectivity index (χ1v) is 12.0. The van der Waals surface area contributed by atoms with E-state index in [1.54, 1.807) is 25.3 Å². The van der Waals surface area contributed by atoms with Crippen molar-refractivity contribution in [2.75, 3.05) is 7.11 Å². The topological polar surface area (TPSA) is 57.3 Å². The van der Waals surface area contributed by atoms with Crippen molar-refractivity contribution in [1.82, 2.24) is 9.97 Å². The number of benzene rings is 4. The van der Waals surface area contributed by atoms with E-state index in [1.165, 1.54) is 10.9 Å². The van der Waals surface area contributed by atoms with Crippen molar-refractivity contribution in [2.24, 2.45) is 0 Å². The molecule has 0 radical (unpaired) electrons. The van der Waals surface area contributed by atoms with Crippen LogP contribution in [0, 0.1) is 26.0 Å². The maximum absolute atomic E-state index is 8.49. The van der Waals surface area contributed by atoms with Crippen LogP contribution in [-0.2, 0) is 20.1 Å². The van der Waals surface area contributed by atoms with Crippen LogP contribution in [-0.4, -0.2) is 23.3 Å². The van der Waals surface area contributed by atoms with E-state index >= 15 is 0 Å². The van der Waals surface area contributed by atoms with E-state index in [-0.39, 0.29) is 20.1 Å². The first kappa shape index (κ1) is 28.6. The maximum atomic E-state index is 8.49. The standard InChI is InChI=1S/C19H13N2O.C14H15N.Ir/c1-22-16-10-8-14(9-11-16)19-20-12-15-7-6-13-4-2-3-5-17(13)18(15)21-19;1-11-8-12(2)10-14(9-11)13(3)6-4-5-7-15;/h2-8,10-12H,1H3;4-9H,1-3H3;/q-1;-2;+3/b;5-4-,13-6+;. The third-order valence-electron chi connectivity index (χ3n) is 5.85. The number of hydrogen-bond acceptors (Lipinski definition) is 3. The average Bonchev–Trinajstić information content (AvgIpc) is 2.92. The Kier molecular flexibility index (Phi) is 10.2. The average molecular weight is 675 g/mol. The molecule has 0 aliphatic carbocycles. The summed E-state index contributed by atoms with van der Waals surface area (Å²) in [6.07, 6.45) is 8.24. The van der Waals surface area contributed by atoms with Crippen LogP contribution in [0.5, 0.6) is 5.75 Å². The number of aromatic nitrogens is 2. The van der Waals surface area contributed by atoms with Crippen molar-refractivity contribution in [3.63, 3.8) is 0 Å². The van der Waals surface area contributed by atoms with Gasteiger partial charge >= 0.3 is 20.1 Å². The fourth-order valence-electron chi connectivity index (χ4n) is 4.02. The van der Waals surface area contributed by atoms with Crippen molar-refractivity contribution in [1.29, 1.82) is 0 Å². The summed E-state index contributed by atoms with van der Waals surface area (Å²) in [5.41, 5.74) is 6.46. The minimum Gasteiger partial charge on any atom is -0.811 e. The monoisotopic (exact) mass is 675 g/mol. The smallest absolute Gasteiger partial charge is 0.811 e. The number of allylic oxidation sites excluding steroid dienone is 4. The number of hydrogen-bond donors (Lipinski definition) is 0. The molecular formula is C33H28IrN3O. The number of ether oxygens (including phenoxy) is 1. The Bertz CT molecular complexity index is 1580. The van der Waals surface area contributed by atoms with E-state index in [0.717, 1.165) is 50.5 Å². The molecule has 0 N–H and O–H groups in total. The van der Waals surface area contributed by atoms with Crippen LogP contribution in [0.4, 0.5) is 0 Å². The van der Waals surface area contributed by atoms with Gasteiger partial charge in [-0.05, 0) is 5.39 Å². The summed E-state index contributed by atoms with van der Waals surface area (Å²) >= 11 is 0. The third kappa shape index (κ3) is 7.10. The zero-order chi connectivity index (χ0) is 26.2. The molecule has 1 aromatic heterocycles. The predicted molar refractivity (Wildman–Crippen MR) is 155 cm³/mol. The summed E-state index contributed by atoms with van der Waals surface area (Å²) in [4.78, 5) is 9.20. The van der Waals surface area contributed by atoms with Gasteiger partial charge in [0.25, 0.3) is 0 Å². The first-order valence-electron chi connectivity index (χ1n) is 12.0. The predicted octanol–water partition coefficient (Wildman–Crippen LogP) is 7.96. The molecule has 4 nitrogen and oxygen atoms in total. The zero-order valence-corrected chi connectivity index (χ0v) is 24.2. The van der Waals surface area contributed by atoms with Crippen LogP contribution in [0.15, 0.2) is 91.2 Å². The molecule has 0 saturated carbocycles. The quantitative estimate of drug-likeness (QED) is 0.0823. The Morgan fingerprint density at radius 1 is 0.974 bits per heavy atom. The van der Waals surface area contributed by atoms with Gasteiger partial charge in [0.1, 0.15) is 0 Å². The van der Waals surface area contributed by atoms with Gasteiger partial charge in [-0.1, -0.05) is 69.3 Å². The summed E-state index contributed by atoms with van der Waals surface area (Å²) < 4.78 is 5.16. The summed E-state index contributed by atoms with van der Waals surface area (Å²) in [7, 11) is 1.64. The molecule has 0 unspecified atom stereocenters. The van der Waals surface area contributed by atoms with Crippen LogP contribution in [0.1, 0.15) is 23.6 Å². The maximum Gasteiger partial charge on any atom is 3.00 e. The summed E-state index contributed by atoms with van der Waals surface area (Å²) in [6, 6.07) is 28.7. The molecule has 5 rings (SSSR count). The Balaban J connectivity index is 0.000000221. The van der Waals surface area contributed by atoms with E-state index < -0.39 is 0 Å². The molecule has 0 aliphatic heterocycles. The molecule has 0 bridgehead atoms. The second-order valence-corrected chi connectivity index (χ2v) is 8.70. The molecular weight excluding hydrogens is 647 g/mol. The Morgan fingerprint density at radius 3 is 2.47 bits per heavy atom. The van der Waals surface area contributed by atoms with Crippen molar-refractivity contribution < 1.29 is 24.8 Å². The largest absolute Gasteiger partial charge is 3.00 e. The van der Waals surface area contributed by atoms with Crippen molar-refractivity contribution >= 4 is 33.5 Å². The van der Waals surface area contributed by atoms with Crippen LogP contribution < -0.4 is 4.74 Å². The molecule has 0 aliphatic rings. The van der Waals surface area contributed by atoms with Crippen LogP contribution in [0.2, 0.25) is 0 Å². The van der Waals surface area contributed by atoms with E-state index in [2.05, 4.69) is 60.4 Å². The molecule has 0 saturated heterocycles. The number of methoxy groups -OCH3 is 1. The SMILES string of the molecule is C/C(=C\C=C/C=[N-])c1[c-]c(C)cc(C)c1.COc1c[c-]c(-c2ncc3ccc4ccccc4c3n2)cc1.[Ir+3]. The van der Waals surface area contributed by atoms with Gasteiger partial charge in [0.15, 0.2) is 0 Å². The van der Waals surface area contributed by atoms with Crippen molar-refractivity contribution in [3.05, 3.63) is 125 Å². The van der Waals surface area contributed by atoms with Crippen LogP contribution in [0.3, 0.4) is 0 Å². The molecule has 38 heavy (non-hydrogen) atoms. The van der Waals surface area contributed by atoms with Gasteiger partial charge in [0.2, 0.25) is 0 Å². The minimum absolute atomic E-state index is 0. The van der Waals surface area contributed by atoms with Gasteiger partial charge < -0.3 is 10.1 Å². The molecule has 190 valence electrons. The van der Waals surface area contributed by atoms with Gasteiger partial charge in [0, 0.05) is 22.7 Å². The summed E-state index contributed by atoms with van der Waals surface area (Å²) in [6.45, 7) is 6.16. The van der Waals surface area contributed by atoms with Gasteiger partial charge in [-0.2, -0.15) is 6.21 Å². The van der Waals surface area contributed by atoms with Crippen molar-refractivity contribution in [2.45, 2.75) is 20.8 Å². The Labute approximate surface area is 238 Å². The van der Waals surface area contributed by atoms with Crippen LogP contribution in [0.25, 0.3) is 44.0 Å². The molecule has 1 heterocycles. The molecule has 5 heteroatoms. The molecule has 0 fully saturated rings. The number of aryl methyl sites for hydroxylation is 2. The fraction of sp³-hybridized carbons (Fsp3) is 0.121. The van der Waals surface area contributed by atoms with Gasteiger partial charge in [0.05, 0.1) is 18.5 Å². The molecule has 0 spiro atoms. The van der Waals surface area contributed by atoms with E-state index in [1.807, 2.05) is 50.4 Å². The molecule has 5 aromatic rings. The Hall–Kier alpha value is -3.92. The van der Waals surface area contributed by atoms with Gasteiger partial charge in [-0.3, -0.25) is 9.97 Å². The second kappa shape index (κ2) is 13.6. The van der Waals surface area contributed by atoms with E-state index in [4.69, 9.17) is 15.1 Å². The minimum atomic E-state index is 0. The summed E-state index contributed by atoms with van der Waals surface area (Å²) in [5, 5.41) is 11.8. The zero-order valence-electron chi connectivity index (χ0n) is 21.8. The molecule has 4 aromatic carbocycles. The fourth-order valence-corrected chi connectivity index (χ4v) is 4.02. The van der Waals surface area contributed by atoms with Crippen LogP contribution >= 0.6 is 0 Å². The van der Waals surface area contributed by atoms with Gasteiger partial charge in [-0.15, -0.1) is 76.4 Å². The second-order valence-electron chi connectivity index (χ2n) is 8.70. The van der Waals surface area contributed by atoms with Gasteiger partial charge in [-0.25, -0.2) is 0 Å². The normalized spacial score (nSPS) is 11.1. The van der Waals surface area contributed by atoms with E-state index in [0.29, 0.717) is 5.82 Å². The van der Waals surface area contributed by atoms with E-state index in [9.17, 15) is 0 Å². The Morgan fingerprint density at radius 2 is 1.76 bits per heavy atom. The summed E-state index contributed by atoms with van der Waals surface area (Å²) in [5.74, 6) is 1.45. The molecule has 0 atom stereocenters. The van der Waals surface area contributed by atoms with Crippen molar-refractivity contribution in [3.8, 4) is 17.1 Å². The number of rotatable bonds is 5. The molecule has 0 amide bonds. The third-order valence-corrected chi connectivity index (χ3v) is 5.85.